The number of halogens is 1. The maximum Gasteiger partial charge on any atom is 0.230 e. The van der Waals surface area contributed by atoms with E-state index in [1.54, 1.807) is 0 Å². The Hall–Kier alpha value is -2.21. The highest BCUT2D eigenvalue weighted by atomic mass is 19.1. The molecule has 1 spiro atoms. The van der Waals surface area contributed by atoms with Gasteiger partial charge in [0.1, 0.15) is 5.82 Å². The molecule has 1 aromatic heterocycles. The van der Waals surface area contributed by atoms with Crippen LogP contribution in [0.5, 0.6) is 0 Å². The smallest absolute Gasteiger partial charge is 0.230 e. The van der Waals surface area contributed by atoms with E-state index in [4.69, 9.17) is 4.98 Å². The molecule has 3 fully saturated rings. The number of likely N-dealkylation sites (tertiary alicyclic amines) is 2. The van der Waals surface area contributed by atoms with Crippen LogP contribution in [0, 0.1) is 17.2 Å². The van der Waals surface area contributed by atoms with Gasteiger partial charge >= 0.3 is 0 Å². The SMILES string of the molecule is CC(C)n1cnc([C@@H]2CN(Cc3ccc(F)cc3)C[C@]23CCN(CC2CC2)C3=O)c1. The molecule has 3 aliphatic rings. The first kappa shape index (κ1) is 19.7. The van der Waals surface area contributed by atoms with Crippen LogP contribution in [0.25, 0.3) is 0 Å². The predicted molar refractivity (Wildman–Crippen MR) is 113 cm³/mol. The van der Waals surface area contributed by atoms with Crippen molar-refractivity contribution in [3.8, 4) is 0 Å². The molecule has 1 aromatic carbocycles. The fourth-order valence-electron chi connectivity index (χ4n) is 5.28. The summed E-state index contributed by atoms with van der Waals surface area (Å²) in [7, 11) is 0. The van der Waals surface area contributed by atoms with Crippen LogP contribution in [0.1, 0.15) is 56.3 Å². The Morgan fingerprint density at radius 1 is 1.23 bits per heavy atom. The van der Waals surface area contributed by atoms with Gasteiger partial charge in [0.05, 0.1) is 17.4 Å². The zero-order valence-corrected chi connectivity index (χ0v) is 17.9. The van der Waals surface area contributed by atoms with Gasteiger partial charge < -0.3 is 9.47 Å². The molecule has 0 bridgehead atoms. The summed E-state index contributed by atoms with van der Waals surface area (Å²) >= 11 is 0. The molecule has 1 aliphatic carbocycles. The Balaban J connectivity index is 1.42. The molecule has 30 heavy (non-hydrogen) atoms. The number of amides is 1. The molecule has 5 nitrogen and oxygen atoms in total. The molecule has 160 valence electrons. The van der Waals surface area contributed by atoms with E-state index in [1.807, 2.05) is 18.5 Å². The number of carbonyl (C=O) groups excluding carboxylic acids is 1. The third kappa shape index (κ3) is 3.55. The van der Waals surface area contributed by atoms with Gasteiger partial charge in [-0.1, -0.05) is 12.1 Å². The Kier molecular flexibility index (Phi) is 4.92. The van der Waals surface area contributed by atoms with Crippen molar-refractivity contribution in [3.05, 3.63) is 53.9 Å². The molecule has 0 unspecified atom stereocenters. The third-order valence-corrected chi connectivity index (χ3v) is 7.22. The molecular formula is C24H31FN4O. The van der Waals surface area contributed by atoms with Crippen LogP contribution in [0.3, 0.4) is 0 Å². The van der Waals surface area contributed by atoms with Gasteiger partial charge in [-0.25, -0.2) is 9.37 Å². The molecule has 5 rings (SSSR count). The quantitative estimate of drug-likeness (QED) is 0.727. The zero-order chi connectivity index (χ0) is 20.9. The summed E-state index contributed by atoms with van der Waals surface area (Å²) in [6, 6.07) is 7.07. The second kappa shape index (κ2) is 7.49. The molecule has 3 heterocycles. The molecule has 2 aliphatic heterocycles. The van der Waals surface area contributed by atoms with E-state index in [0.29, 0.717) is 17.9 Å². The summed E-state index contributed by atoms with van der Waals surface area (Å²) in [4.78, 5) is 22.9. The van der Waals surface area contributed by atoms with E-state index in [0.717, 1.165) is 50.4 Å². The summed E-state index contributed by atoms with van der Waals surface area (Å²) in [5, 5.41) is 0. The number of hydrogen-bond donors (Lipinski definition) is 0. The summed E-state index contributed by atoms with van der Waals surface area (Å²) < 4.78 is 15.5. The fourth-order valence-corrected chi connectivity index (χ4v) is 5.28. The van der Waals surface area contributed by atoms with E-state index < -0.39 is 0 Å². The van der Waals surface area contributed by atoms with Gasteiger partial charge in [0.2, 0.25) is 5.91 Å². The lowest BCUT2D eigenvalue weighted by Crippen LogP contribution is -2.40. The monoisotopic (exact) mass is 410 g/mol. The average Bonchev–Trinajstić information content (AvgIpc) is 3.15. The van der Waals surface area contributed by atoms with Crippen LogP contribution in [0.2, 0.25) is 0 Å². The maximum atomic E-state index is 13.7. The van der Waals surface area contributed by atoms with Crippen molar-refractivity contribution in [2.45, 2.75) is 51.6 Å². The van der Waals surface area contributed by atoms with Gasteiger partial charge in [0.15, 0.2) is 0 Å². The van der Waals surface area contributed by atoms with Crippen molar-refractivity contribution >= 4 is 5.91 Å². The summed E-state index contributed by atoms with van der Waals surface area (Å²) in [6.07, 6.45) is 7.45. The molecule has 1 amide bonds. The number of imidazole rings is 1. The van der Waals surface area contributed by atoms with Gasteiger partial charge in [-0.2, -0.15) is 0 Å². The molecule has 2 saturated heterocycles. The van der Waals surface area contributed by atoms with Gasteiger partial charge in [0, 0.05) is 50.9 Å². The van der Waals surface area contributed by atoms with Crippen LogP contribution in [-0.2, 0) is 11.3 Å². The van der Waals surface area contributed by atoms with Crippen molar-refractivity contribution < 1.29 is 9.18 Å². The number of benzene rings is 1. The Morgan fingerprint density at radius 3 is 2.67 bits per heavy atom. The van der Waals surface area contributed by atoms with Crippen LogP contribution in [0.4, 0.5) is 4.39 Å². The minimum atomic E-state index is -0.384. The molecule has 2 aromatic rings. The first-order chi connectivity index (χ1) is 14.4. The highest BCUT2D eigenvalue weighted by molar-refractivity contribution is 5.87. The zero-order valence-electron chi connectivity index (χ0n) is 17.9. The largest absolute Gasteiger partial charge is 0.342 e. The van der Waals surface area contributed by atoms with Crippen molar-refractivity contribution in [1.82, 2.24) is 19.4 Å². The topological polar surface area (TPSA) is 41.4 Å². The fraction of sp³-hybridized carbons (Fsp3) is 0.583. The lowest BCUT2D eigenvalue weighted by Gasteiger charge is -2.28. The lowest BCUT2D eigenvalue weighted by atomic mass is 9.75. The number of hydrogen-bond acceptors (Lipinski definition) is 3. The number of nitrogens with zero attached hydrogens (tertiary/aromatic N) is 4. The van der Waals surface area contributed by atoms with Crippen LogP contribution in [-0.4, -0.2) is 51.4 Å². The standard InChI is InChI=1S/C24H31FN4O/c1-17(2)29-14-22(26-16-29)21-13-27(11-18-5-7-20(25)8-6-18)15-24(21)9-10-28(23(24)30)12-19-3-4-19/h5-8,14,16-17,19,21H,3-4,9-13,15H2,1-2H3/t21-,24+/m0/s1. The second-order valence-electron chi connectivity index (χ2n) is 9.79. The Labute approximate surface area is 177 Å². The molecule has 0 radical (unpaired) electrons. The molecular weight excluding hydrogens is 379 g/mol. The maximum absolute atomic E-state index is 13.7. The van der Waals surface area contributed by atoms with Crippen LogP contribution in [0.15, 0.2) is 36.8 Å². The summed E-state index contributed by atoms with van der Waals surface area (Å²) in [6.45, 7) is 8.38. The molecule has 2 atom stereocenters. The van der Waals surface area contributed by atoms with Crippen molar-refractivity contribution in [2.24, 2.45) is 11.3 Å². The van der Waals surface area contributed by atoms with Crippen LogP contribution < -0.4 is 0 Å². The van der Waals surface area contributed by atoms with E-state index in [-0.39, 0.29) is 17.2 Å². The second-order valence-corrected chi connectivity index (χ2v) is 9.79. The highest BCUT2D eigenvalue weighted by Gasteiger charge is 2.58. The van der Waals surface area contributed by atoms with Gasteiger partial charge in [0.25, 0.3) is 0 Å². The normalized spacial score (nSPS) is 27.1. The lowest BCUT2D eigenvalue weighted by molar-refractivity contribution is -0.136. The van der Waals surface area contributed by atoms with E-state index in [2.05, 4.69) is 34.4 Å². The van der Waals surface area contributed by atoms with Crippen molar-refractivity contribution in [2.75, 3.05) is 26.2 Å². The van der Waals surface area contributed by atoms with Crippen molar-refractivity contribution in [1.29, 1.82) is 0 Å². The number of aromatic nitrogens is 2. The molecule has 0 N–H and O–H groups in total. The number of rotatable bonds is 6. The highest BCUT2D eigenvalue weighted by Crippen LogP contribution is 2.50. The molecule has 6 heteroatoms. The summed E-state index contributed by atoms with van der Waals surface area (Å²) in [5.74, 6) is 0.921. The first-order valence-corrected chi connectivity index (χ1v) is 11.2. The van der Waals surface area contributed by atoms with E-state index in [9.17, 15) is 9.18 Å². The third-order valence-electron chi connectivity index (χ3n) is 7.22. The van der Waals surface area contributed by atoms with Crippen LogP contribution >= 0.6 is 0 Å². The Morgan fingerprint density at radius 2 is 2.00 bits per heavy atom. The van der Waals surface area contributed by atoms with Gasteiger partial charge in [-0.05, 0) is 56.7 Å². The van der Waals surface area contributed by atoms with Gasteiger partial charge in [-0.3, -0.25) is 9.69 Å². The summed E-state index contributed by atoms with van der Waals surface area (Å²) in [5.41, 5.74) is 1.73. The number of carbonyl (C=O) groups is 1. The molecule has 1 saturated carbocycles. The van der Waals surface area contributed by atoms with E-state index >= 15 is 0 Å². The van der Waals surface area contributed by atoms with Gasteiger partial charge in [-0.15, -0.1) is 0 Å². The average molecular weight is 411 g/mol. The van der Waals surface area contributed by atoms with Crippen molar-refractivity contribution in [3.63, 3.8) is 0 Å². The van der Waals surface area contributed by atoms with E-state index in [1.165, 1.54) is 25.0 Å². The Bertz CT molecular complexity index is 920. The minimum Gasteiger partial charge on any atom is -0.342 e. The minimum absolute atomic E-state index is 0.106. The predicted octanol–water partition coefficient (Wildman–Crippen LogP) is 3.83. The first-order valence-electron chi connectivity index (χ1n) is 11.2.